The van der Waals surface area contributed by atoms with Gasteiger partial charge in [0.15, 0.2) is 12.7 Å². The van der Waals surface area contributed by atoms with Crippen LogP contribution in [0.4, 0.5) is 105 Å². The lowest BCUT2D eigenvalue weighted by Crippen LogP contribution is -2.75. The molecule has 0 fully saturated rings. The summed E-state index contributed by atoms with van der Waals surface area (Å²) in [6.45, 7) is 6.28. The number of halogens is 24. The molecule has 0 aliphatic carbocycles. The van der Waals surface area contributed by atoms with Gasteiger partial charge in [-0.25, -0.2) is 4.79 Å². The van der Waals surface area contributed by atoms with Gasteiger partial charge in [0.2, 0.25) is 0 Å². The molecule has 434 valence electrons. The fourth-order valence-corrected chi connectivity index (χ4v) is 8.79. The van der Waals surface area contributed by atoms with Crippen LogP contribution in [0.15, 0.2) is 140 Å². The Morgan fingerprint density at radius 2 is 0.654 bits per heavy atom. The number of pyridine rings is 1. The van der Waals surface area contributed by atoms with Crippen molar-refractivity contribution >= 4 is 44.7 Å². The highest BCUT2D eigenvalue weighted by atomic mass is 19.4. The van der Waals surface area contributed by atoms with E-state index < -0.39 is 200 Å². The topological polar surface area (TPSA) is 30.2 Å². The van der Waals surface area contributed by atoms with E-state index in [4.69, 9.17) is 4.74 Å². The average Bonchev–Trinajstić information content (AvgIpc) is 3.31. The van der Waals surface area contributed by atoms with Crippen LogP contribution in [0.2, 0.25) is 0 Å². The Morgan fingerprint density at radius 1 is 0.383 bits per heavy atom. The summed E-state index contributed by atoms with van der Waals surface area (Å²) in [6, 6.07) is 11.2. The number of esters is 1. The summed E-state index contributed by atoms with van der Waals surface area (Å²) in [5.41, 5.74) is -29.0. The molecule has 0 bridgehead atoms. The van der Waals surface area contributed by atoms with E-state index in [-0.39, 0.29) is 5.97 Å². The average molecular weight is 1180 g/mol. The van der Waals surface area contributed by atoms with Gasteiger partial charge in [-0.1, -0.05) is 97.1 Å². The SMILES string of the molecule is CC(C)(C)OC(=O)c1c2ccccc2cc[n+]1Cc1ccccc1.FC(F)(F)c1cc([B-](c2cc(C(F)(F)F)cc(C(F)(F)F)c2)(c2cc(C(F)(F)F)cc(C(F)(F)F)c2)c2cc(C(F)(F)F)cc(C(F)(F)F)c2)cc(C(F)(F)F)c1. The molecule has 1 heterocycles. The Bertz CT molecular complexity index is 3000. The number of rotatable bonds is 7. The molecule has 0 N–H and O–H groups in total. The first-order chi connectivity index (χ1) is 36.7. The van der Waals surface area contributed by atoms with Crippen molar-refractivity contribution in [3.8, 4) is 0 Å². The number of aromatic nitrogens is 1. The molecule has 0 spiro atoms. The van der Waals surface area contributed by atoms with Crippen molar-refractivity contribution in [3.63, 3.8) is 0 Å². The molecular formula is C53H34BF24NO2. The van der Waals surface area contributed by atoms with E-state index in [1.54, 1.807) is 0 Å². The fourth-order valence-electron chi connectivity index (χ4n) is 8.79. The molecule has 0 saturated heterocycles. The zero-order valence-corrected chi connectivity index (χ0v) is 40.9. The van der Waals surface area contributed by atoms with Gasteiger partial charge in [0, 0.05) is 11.6 Å². The largest absolute Gasteiger partial charge is 0.452 e. The van der Waals surface area contributed by atoms with Crippen LogP contribution in [-0.4, -0.2) is 17.7 Å². The van der Waals surface area contributed by atoms with Gasteiger partial charge in [-0.15, -0.1) is 0 Å². The van der Waals surface area contributed by atoms with Crippen molar-refractivity contribution < 1.29 is 119 Å². The predicted molar refractivity (Wildman–Crippen MR) is 245 cm³/mol. The van der Waals surface area contributed by atoms with Crippen molar-refractivity contribution in [2.75, 3.05) is 0 Å². The van der Waals surface area contributed by atoms with Crippen LogP contribution < -0.4 is 26.4 Å². The molecule has 0 radical (unpaired) electrons. The molecule has 0 atom stereocenters. The molecule has 1 aromatic heterocycles. The minimum Gasteiger partial charge on any atom is -0.452 e. The minimum atomic E-state index is -6.13. The second-order valence-corrected chi connectivity index (χ2v) is 19.1. The molecule has 0 unspecified atom stereocenters. The number of ether oxygens (including phenoxy) is 1. The van der Waals surface area contributed by atoms with Gasteiger partial charge in [-0.05, 0) is 56.5 Å². The lowest BCUT2D eigenvalue weighted by molar-refractivity contribution is -0.689. The zero-order chi connectivity index (χ0) is 61.1. The number of carbonyl (C=O) groups is 1. The number of benzene rings is 6. The molecule has 3 nitrogen and oxygen atoms in total. The van der Waals surface area contributed by atoms with E-state index in [1.807, 2.05) is 80.1 Å². The first kappa shape index (κ1) is 62.8. The van der Waals surface area contributed by atoms with E-state index in [9.17, 15) is 110 Å². The molecular weight excluding hydrogens is 1150 g/mol. The van der Waals surface area contributed by atoms with Crippen molar-refractivity contribution in [1.82, 2.24) is 0 Å². The molecule has 0 aliphatic heterocycles. The van der Waals surface area contributed by atoms with Crippen molar-refractivity contribution in [3.05, 3.63) is 195 Å². The second-order valence-electron chi connectivity index (χ2n) is 19.1. The number of hydrogen-bond acceptors (Lipinski definition) is 2. The minimum absolute atomic E-state index is 0.296. The lowest BCUT2D eigenvalue weighted by atomic mass is 9.12. The van der Waals surface area contributed by atoms with E-state index in [2.05, 4.69) is 12.1 Å². The Hall–Kier alpha value is -7.42. The van der Waals surface area contributed by atoms with Crippen LogP contribution in [0.3, 0.4) is 0 Å². The molecule has 28 heteroatoms. The third-order valence-corrected chi connectivity index (χ3v) is 12.2. The Labute approximate surface area is 441 Å². The molecule has 7 rings (SSSR count). The third kappa shape index (κ3) is 14.6. The van der Waals surface area contributed by atoms with Gasteiger partial charge in [0.05, 0.1) is 49.9 Å². The van der Waals surface area contributed by atoms with E-state index >= 15 is 0 Å². The number of alkyl halides is 24. The normalized spacial score (nSPS) is 13.5. The van der Waals surface area contributed by atoms with Gasteiger partial charge in [0.1, 0.15) is 11.7 Å². The van der Waals surface area contributed by atoms with Crippen molar-refractivity contribution in [2.24, 2.45) is 0 Å². The smallest absolute Gasteiger partial charge is 0.416 e. The lowest BCUT2D eigenvalue weighted by Gasteiger charge is -2.46. The number of carbonyl (C=O) groups excluding carboxylic acids is 1. The van der Waals surface area contributed by atoms with Crippen LogP contribution in [0.5, 0.6) is 0 Å². The van der Waals surface area contributed by atoms with Gasteiger partial charge in [0.25, 0.3) is 5.69 Å². The summed E-state index contributed by atoms with van der Waals surface area (Å²) in [6.07, 6.45) is -52.9. The summed E-state index contributed by atoms with van der Waals surface area (Å²) >= 11 is 0. The van der Waals surface area contributed by atoms with Crippen LogP contribution >= 0.6 is 0 Å². The van der Waals surface area contributed by atoms with Crippen molar-refractivity contribution in [2.45, 2.75) is 82.3 Å². The van der Waals surface area contributed by atoms with Crippen molar-refractivity contribution in [1.29, 1.82) is 0 Å². The van der Waals surface area contributed by atoms with E-state index in [0.717, 1.165) is 16.3 Å². The van der Waals surface area contributed by atoms with Crippen LogP contribution in [0.1, 0.15) is 81.3 Å². The van der Waals surface area contributed by atoms with E-state index in [1.165, 1.54) is 0 Å². The summed E-state index contributed by atoms with van der Waals surface area (Å²) in [4.78, 5) is 12.8. The quantitative estimate of drug-likeness (QED) is 0.0689. The Morgan fingerprint density at radius 3 is 0.926 bits per heavy atom. The highest BCUT2D eigenvalue weighted by Gasteiger charge is 2.47. The van der Waals surface area contributed by atoms with Crippen LogP contribution in [-0.2, 0) is 60.7 Å². The third-order valence-electron chi connectivity index (χ3n) is 12.2. The van der Waals surface area contributed by atoms with Gasteiger partial charge in [-0.2, -0.15) is 132 Å². The first-order valence-electron chi connectivity index (χ1n) is 22.7. The number of hydrogen-bond donors (Lipinski definition) is 0. The second kappa shape index (κ2) is 21.5. The number of fused-ring (bicyclic) bond motifs is 1. The van der Waals surface area contributed by atoms with E-state index in [0.29, 0.717) is 12.2 Å². The highest BCUT2D eigenvalue weighted by molar-refractivity contribution is 7.20. The number of nitrogens with zero attached hydrogens (tertiary/aromatic N) is 1. The highest BCUT2D eigenvalue weighted by Crippen LogP contribution is 2.41. The maximum Gasteiger partial charge on any atom is 0.416 e. The monoisotopic (exact) mass is 1180 g/mol. The van der Waals surface area contributed by atoms with Gasteiger partial charge >= 0.3 is 55.4 Å². The molecule has 0 saturated carbocycles. The molecule has 6 aromatic carbocycles. The standard InChI is InChI=1S/C32H12BF24.C21H22NO2/c34-25(35,36)13-1-14(26(37,38)39)6-21(5-13)33(22-7-15(27(40,41)42)2-16(8-22)28(43,44)45,23-9-17(29(46,47)48)3-18(10-23)30(49,50)51)24-11-19(31(52,53)54)4-20(12-24)32(55,56)57;1-21(2,3)24-20(23)19-18-12-8-7-11-17(18)13-14-22(19)15-16-9-5-4-6-10-16/h1-12H;4-14H,15H2,1-3H3/q-1;+1. The van der Waals surface area contributed by atoms with Crippen LogP contribution in [0.25, 0.3) is 10.8 Å². The summed E-state index contributed by atoms with van der Waals surface area (Å²) < 4.78 is 348. The first-order valence-corrected chi connectivity index (χ1v) is 22.7. The maximum atomic E-state index is 14.2. The maximum absolute atomic E-state index is 14.2. The zero-order valence-electron chi connectivity index (χ0n) is 40.9. The Balaban J connectivity index is 0.000000363. The molecule has 7 aromatic rings. The van der Waals surface area contributed by atoms with Gasteiger partial charge < -0.3 is 4.74 Å². The summed E-state index contributed by atoms with van der Waals surface area (Å²) in [5, 5.41) is 1.94. The molecule has 0 amide bonds. The molecule has 81 heavy (non-hydrogen) atoms. The summed E-state index contributed by atoms with van der Waals surface area (Å²) in [5.74, 6) is -0.296. The molecule has 0 aliphatic rings. The summed E-state index contributed by atoms with van der Waals surface area (Å²) in [7, 11) is 0. The van der Waals surface area contributed by atoms with Gasteiger partial charge in [-0.3, -0.25) is 0 Å². The fraction of sp³-hybridized carbons (Fsp3) is 0.245. The van der Waals surface area contributed by atoms with Crippen LogP contribution in [0, 0.1) is 0 Å². The predicted octanol–water partition coefficient (Wildman–Crippen LogP) is 15.3. The Kier molecular flexibility index (Phi) is 16.6.